The molecule has 0 aliphatic heterocycles. The maximum atomic E-state index is 12.5. The summed E-state index contributed by atoms with van der Waals surface area (Å²) in [7, 11) is 1.63. The fraction of sp³-hybridized carbons (Fsp3) is 0.158. The molecule has 0 radical (unpaired) electrons. The summed E-state index contributed by atoms with van der Waals surface area (Å²) in [5, 5.41) is 10.6. The molecule has 27 heavy (non-hydrogen) atoms. The van der Waals surface area contributed by atoms with Gasteiger partial charge in [0.15, 0.2) is 0 Å². The molecular formula is C19H17N5O2S. The van der Waals surface area contributed by atoms with Gasteiger partial charge in [0.05, 0.1) is 22.3 Å². The van der Waals surface area contributed by atoms with Crippen LogP contribution >= 0.6 is 11.3 Å². The third-order valence-electron chi connectivity index (χ3n) is 4.05. The average Bonchev–Trinajstić information content (AvgIpc) is 3.26. The molecule has 2 heterocycles. The van der Waals surface area contributed by atoms with E-state index in [9.17, 15) is 4.79 Å². The number of aromatic nitrogens is 4. The van der Waals surface area contributed by atoms with Crippen LogP contribution in [0.5, 0.6) is 5.75 Å². The van der Waals surface area contributed by atoms with Gasteiger partial charge >= 0.3 is 0 Å². The van der Waals surface area contributed by atoms with E-state index in [4.69, 9.17) is 4.74 Å². The average molecular weight is 379 g/mol. The van der Waals surface area contributed by atoms with Crippen LogP contribution in [-0.4, -0.2) is 33.2 Å². The SMILES string of the molecule is COc1ccc(Cc2nc(NC(=O)c3ccc4nc(C)sc4c3)n[nH]2)cc1. The van der Waals surface area contributed by atoms with E-state index in [1.807, 2.05) is 43.3 Å². The van der Waals surface area contributed by atoms with Crippen molar-refractivity contribution in [2.45, 2.75) is 13.3 Å². The normalized spacial score (nSPS) is 10.9. The summed E-state index contributed by atoms with van der Waals surface area (Å²) in [5.41, 5.74) is 2.51. The second-order valence-electron chi connectivity index (χ2n) is 6.00. The van der Waals surface area contributed by atoms with Crippen LogP contribution in [0, 0.1) is 6.92 Å². The molecule has 7 nitrogen and oxygen atoms in total. The molecule has 0 unspecified atom stereocenters. The minimum atomic E-state index is -0.252. The highest BCUT2D eigenvalue weighted by Crippen LogP contribution is 2.23. The largest absolute Gasteiger partial charge is 0.497 e. The maximum Gasteiger partial charge on any atom is 0.258 e. The van der Waals surface area contributed by atoms with Crippen molar-refractivity contribution in [1.29, 1.82) is 0 Å². The number of carbonyl (C=O) groups excluding carboxylic acids is 1. The van der Waals surface area contributed by atoms with Crippen molar-refractivity contribution in [3.05, 3.63) is 64.4 Å². The molecule has 0 saturated heterocycles. The van der Waals surface area contributed by atoms with Crippen LogP contribution in [-0.2, 0) is 6.42 Å². The lowest BCUT2D eigenvalue weighted by molar-refractivity contribution is 0.102. The number of carbonyl (C=O) groups is 1. The number of hydrogen-bond acceptors (Lipinski definition) is 6. The zero-order valence-electron chi connectivity index (χ0n) is 14.8. The quantitative estimate of drug-likeness (QED) is 0.553. The number of aryl methyl sites for hydroxylation is 1. The second kappa shape index (κ2) is 7.16. The Kier molecular flexibility index (Phi) is 4.55. The predicted octanol–water partition coefficient (Wildman–Crippen LogP) is 3.57. The smallest absolute Gasteiger partial charge is 0.258 e. The van der Waals surface area contributed by atoms with E-state index in [-0.39, 0.29) is 11.9 Å². The lowest BCUT2D eigenvalue weighted by Crippen LogP contribution is -2.12. The van der Waals surface area contributed by atoms with E-state index in [1.165, 1.54) is 0 Å². The van der Waals surface area contributed by atoms with Crippen molar-refractivity contribution in [2.75, 3.05) is 12.4 Å². The molecule has 136 valence electrons. The van der Waals surface area contributed by atoms with Crippen LogP contribution in [0.3, 0.4) is 0 Å². The van der Waals surface area contributed by atoms with Gasteiger partial charge in [-0.15, -0.1) is 16.4 Å². The van der Waals surface area contributed by atoms with E-state index < -0.39 is 0 Å². The van der Waals surface area contributed by atoms with Crippen LogP contribution in [0.2, 0.25) is 0 Å². The molecule has 0 aliphatic rings. The molecule has 2 N–H and O–H groups in total. The lowest BCUT2D eigenvalue weighted by Gasteiger charge is -2.01. The lowest BCUT2D eigenvalue weighted by atomic mass is 10.1. The highest BCUT2D eigenvalue weighted by molar-refractivity contribution is 7.18. The van der Waals surface area contributed by atoms with Gasteiger partial charge in [0, 0.05) is 12.0 Å². The van der Waals surface area contributed by atoms with E-state index in [0.717, 1.165) is 26.5 Å². The number of ether oxygens (including phenoxy) is 1. The summed E-state index contributed by atoms with van der Waals surface area (Å²) < 4.78 is 6.13. The van der Waals surface area contributed by atoms with Crippen LogP contribution in [0.1, 0.15) is 26.8 Å². The highest BCUT2D eigenvalue weighted by atomic mass is 32.1. The molecule has 0 bridgehead atoms. The van der Waals surface area contributed by atoms with Gasteiger partial charge < -0.3 is 4.74 Å². The molecule has 0 fully saturated rings. The fourth-order valence-corrected chi connectivity index (χ4v) is 3.59. The van der Waals surface area contributed by atoms with E-state index in [0.29, 0.717) is 17.8 Å². The first-order valence-electron chi connectivity index (χ1n) is 8.33. The van der Waals surface area contributed by atoms with Gasteiger partial charge in [-0.2, -0.15) is 4.98 Å². The Labute approximate surface area is 159 Å². The zero-order chi connectivity index (χ0) is 18.8. The monoisotopic (exact) mass is 379 g/mol. The van der Waals surface area contributed by atoms with E-state index >= 15 is 0 Å². The van der Waals surface area contributed by atoms with Gasteiger partial charge in [0.2, 0.25) is 5.95 Å². The first kappa shape index (κ1) is 17.2. The Hall–Kier alpha value is -3.26. The molecule has 0 aliphatic carbocycles. The first-order chi connectivity index (χ1) is 13.1. The van der Waals surface area contributed by atoms with Crippen molar-refractivity contribution in [1.82, 2.24) is 20.2 Å². The molecule has 0 saturated carbocycles. The zero-order valence-corrected chi connectivity index (χ0v) is 15.6. The molecule has 2 aromatic carbocycles. The predicted molar refractivity (Wildman–Crippen MR) is 104 cm³/mol. The number of amides is 1. The Morgan fingerprint density at radius 1 is 1.19 bits per heavy atom. The molecule has 2 aromatic heterocycles. The molecule has 1 amide bonds. The third-order valence-corrected chi connectivity index (χ3v) is 4.98. The number of anilines is 1. The van der Waals surface area contributed by atoms with Crippen LogP contribution < -0.4 is 10.1 Å². The number of fused-ring (bicyclic) bond motifs is 1. The van der Waals surface area contributed by atoms with Crippen LogP contribution in [0.25, 0.3) is 10.2 Å². The minimum absolute atomic E-state index is 0.252. The highest BCUT2D eigenvalue weighted by Gasteiger charge is 2.12. The van der Waals surface area contributed by atoms with Gasteiger partial charge in [0.1, 0.15) is 11.6 Å². The van der Waals surface area contributed by atoms with Crippen molar-refractivity contribution in [2.24, 2.45) is 0 Å². The van der Waals surface area contributed by atoms with Gasteiger partial charge in [-0.3, -0.25) is 15.2 Å². The molecule has 8 heteroatoms. The topological polar surface area (TPSA) is 92.8 Å². The first-order valence-corrected chi connectivity index (χ1v) is 9.15. The molecule has 0 atom stereocenters. The molecule has 4 rings (SSSR count). The standard InChI is InChI=1S/C19H17N5O2S/c1-11-20-15-8-5-13(10-16(15)27-11)18(25)22-19-21-17(23-24-19)9-12-3-6-14(26-2)7-4-12/h3-8,10H,9H2,1-2H3,(H2,21,22,23,24,25). The van der Waals surface area contributed by atoms with Crippen molar-refractivity contribution >= 4 is 33.4 Å². The van der Waals surface area contributed by atoms with Crippen molar-refractivity contribution in [3.8, 4) is 5.75 Å². The van der Waals surface area contributed by atoms with E-state index in [2.05, 4.69) is 25.5 Å². The van der Waals surface area contributed by atoms with Gasteiger partial charge in [-0.1, -0.05) is 12.1 Å². The number of hydrogen-bond donors (Lipinski definition) is 2. The summed E-state index contributed by atoms with van der Waals surface area (Å²) in [6.07, 6.45) is 0.582. The summed E-state index contributed by atoms with van der Waals surface area (Å²) in [5.74, 6) is 1.48. The van der Waals surface area contributed by atoms with Crippen molar-refractivity contribution in [3.63, 3.8) is 0 Å². The summed E-state index contributed by atoms with van der Waals surface area (Å²) >= 11 is 1.56. The second-order valence-corrected chi connectivity index (χ2v) is 7.23. The van der Waals surface area contributed by atoms with Gasteiger partial charge in [-0.05, 0) is 42.8 Å². The summed E-state index contributed by atoms with van der Waals surface area (Å²) in [6.45, 7) is 1.95. The number of H-pyrrole nitrogens is 1. The number of aromatic amines is 1. The fourth-order valence-electron chi connectivity index (χ4n) is 2.72. The van der Waals surface area contributed by atoms with Crippen LogP contribution in [0.4, 0.5) is 5.95 Å². The number of benzene rings is 2. The van der Waals surface area contributed by atoms with Gasteiger partial charge in [-0.25, -0.2) is 4.98 Å². The minimum Gasteiger partial charge on any atom is -0.497 e. The number of nitrogens with zero attached hydrogens (tertiary/aromatic N) is 3. The summed E-state index contributed by atoms with van der Waals surface area (Å²) in [4.78, 5) is 21.2. The number of thiazole rings is 1. The number of nitrogens with one attached hydrogen (secondary N) is 2. The third kappa shape index (κ3) is 3.80. The Morgan fingerprint density at radius 2 is 2.00 bits per heavy atom. The number of methoxy groups -OCH3 is 1. The summed E-state index contributed by atoms with van der Waals surface area (Å²) in [6, 6.07) is 13.2. The Balaban J connectivity index is 1.45. The van der Waals surface area contributed by atoms with E-state index in [1.54, 1.807) is 24.5 Å². The van der Waals surface area contributed by atoms with Gasteiger partial charge in [0.25, 0.3) is 5.91 Å². The molecular weight excluding hydrogens is 362 g/mol. The molecule has 0 spiro atoms. The van der Waals surface area contributed by atoms with Crippen LogP contribution in [0.15, 0.2) is 42.5 Å². The van der Waals surface area contributed by atoms with Crippen molar-refractivity contribution < 1.29 is 9.53 Å². The Morgan fingerprint density at radius 3 is 2.78 bits per heavy atom. The molecule has 4 aromatic rings. The number of rotatable bonds is 5. The maximum absolute atomic E-state index is 12.5. The Bertz CT molecular complexity index is 1100.